The summed E-state index contributed by atoms with van der Waals surface area (Å²) >= 11 is 0. The molecule has 2 aliphatic rings. The standard InChI is InChI=1S/C22H21NO5/c1-13-5-4-6-14(9-13)23-18-12-28-22(25)21(18)17(11-20(23)24)16-10-15(26-2)7-8-19(16)27-3/h4-10,17H,11-12H2,1-3H3/t17-/m1/s1. The first kappa shape index (κ1) is 18.1. The topological polar surface area (TPSA) is 65.1 Å². The highest BCUT2D eigenvalue weighted by Gasteiger charge is 2.43. The molecule has 0 saturated heterocycles. The van der Waals surface area contributed by atoms with E-state index in [1.165, 1.54) is 0 Å². The summed E-state index contributed by atoms with van der Waals surface area (Å²) in [5.41, 5.74) is 3.63. The summed E-state index contributed by atoms with van der Waals surface area (Å²) in [6, 6.07) is 13.0. The number of methoxy groups -OCH3 is 2. The molecule has 0 spiro atoms. The smallest absolute Gasteiger partial charge is 0.336 e. The van der Waals surface area contributed by atoms with Crippen molar-refractivity contribution in [2.45, 2.75) is 19.3 Å². The lowest BCUT2D eigenvalue weighted by Gasteiger charge is -2.32. The van der Waals surface area contributed by atoms with E-state index >= 15 is 0 Å². The summed E-state index contributed by atoms with van der Waals surface area (Å²) < 4.78 is 16.2. The molecule has 0 radical (unpaired) electrons. The summed E-state index contributed by atoms with van der Waals surface area (Å²) in [6.07, 6.45) is 0.144. The molecule has 0 aromatic heterocycles. The largest absolute Gasteiger partial charge is 0.497 e. The molecule has 28 heavy (non-hydrogen) atoms. The van der Waals surface area contributed by atoms with Crippen LogP contribution in [0.15, 0.2) is 53.7 Å². The number of aryl methyl sites for hydroxylation is 1. The summed E-state index contributed by atoms with van der Waals surface area (Å²) in [6.45, 7) is 2.05. The Balaban J connectivity index is 1.86. The monoisotopic (exact) mass is 379 g/mol. The fourth-order valence-corrected chi connectivity index (χ4v) is 3.90. The molecule has 0 aliphatic carbocycles. The van der Waals surface area contributed by atoms with Crippen LogP contribution in [-0.2, 0) is 14.3 Å². The zero-order valence-corrected chi connectivity index (χ0v) is 16.0. The van der Waals surface area contributed by atoms with E-state index in [0.29, 0.717) is 22.8 Å². The number of cyclic esters (lactones) is 1. The Morgan fingerprint density at radius 3 is 2.61 bits per heavy atom. The van der Waals surface area contributed by atoms with Crippen molar-refractivity contribution in [3.8, 4) is 11.5 Å². The molecule has 6 nitrogen and oxygen atoms in total. The highest BCUT2D eigenvalue weighted by Crippen LogP contribution is 2.45. The van der Waals surface area contributed by atoms with Crippen LogP contribution < -0.4 is 14.4 Å². The van der Waals surface area contributed by atoms with Crippen LogP contribution in [0.3, 0.4) is 0 Å². The number of hydrogen-bond acceptors (Lipinski definition) is 5. The lowest BCUT2D eigenvalue weighted by atomic mass is 9.83. The van der Waals surface area contributed by atoms with Gasteiger partial charge in [-0.25, -0.2) is 4.79 Å². The lowest BCUT2D eigenvalue weighted by molar-refractivity contribution is -0.136. The number of anilines is 1. The van der Waals surface area contributed by atoms with Gasteiger partial charge in [-0.05, 0) is 42.8 Å². The SMILES string of the molecule is COc1ccc(OC)c([C@H]2CC(=O)N(c3cccc(C)c3)C3=C2C(=O)OC3)c1. The molecule has 0 fully saturated rings. The van der Waals surface area contributed by atoms with Crippen LogP contribution >= 0.6 is 0 Å². The number of rotatable bonds is 4. The van der Waals surface area contributed by atoms with Crippen LogP contribution in [0.5, 0.6) is 11.5 Å². The number of hydrogen-bond donors (Lipinski definition) is 0. The van der Waals surface area contributed by atoms with Gasteiger partial charge in [0.05, 0.1) is 25.5 Å². The third-order valence-corrected chi connectivity index (χ3v) is 5.19. The predicted molar refractivity (Wildman–Crippen MR) is 104 cm³/mol. The molecule has 0 saturated carbocycles. The number of esters is 1. The number of ether oxygens (including phenoxy) is 3. The molecular weight excluding hydrogens is 358 g/mol. The van der Waals surface area contributed by atoms with Gasteiger partial charge in [0, 0.05) is 23.6 Å². The minimum Gasteiger partial charge on any atom is -0.497 e. The van der Waals surface area contributed by atoms with E-state index < -0.39 is 11.9 Å². The zero-order chi connectivity index (χ0) is 19.8. The Morgan fingerprint density at radius 1 is 1.07 bits per heavy atom. The lowest BCUT2D eigenvalue weighted by Crippen LogP contribution is -2.37. The first-order valence-corrected chi connectivity index (χ1v) is 9.05. The molecule has 1 amide bonds. The Labute approximate surface area is 163 Å². The normalized spacial score (nSPS) is 18.8. The molecule has 0 N–H and O–H groups in total. The number of nitrogens with zero attached hydrogens (tertiary/aromatic N) is 1. The van der Waals surface area contributed by atoms with Gasteiger partial charge in [0.25, 0.3) is 0 Å². The average molecular weight is 379 g/mol. The minimum absolute atomic E-state index is 0.0800. The van der Waals surface area contributed by atoms with Gasteiger partial charge in [-0.1, -0.05) is 12.1 Å². The first-order chi connectivity index (χ1) is 13.5. The fourth-order valence-electron chi connectivity index (χ4n) is 3.90. The molecule has 2 heterocycles. The Bertz CT molecular complexity index is 994. The van der Waals surface area contributed by atoms with Crippen LogP contribution in [0.1, 0.15) is 23.5 Å². The van der Waals surface area contributed by atoms with E-state index in [-0.39, 0.29) is 18.9 Å². The molecule has 2 aliphatic heterocycles. The van der Waals surface area contributed by atoms with Gasteiger partial charge < -0.3 is 14.2 Å². The summed E-state index contributed by atoms with van der Waals surface area (Å²) in [5, 5.41) is 0. The third-order valence-electron chi connectivity index (χ3n) is 5.19. The molecule has 2 aromatic rings. The highest BCUT2D eigenvalue weighted by atomic mass is 16.5. The predicted octanol–water partition coefficient (Wildman–Crippen LogP) is 3.34. The molecule has 6 heteroatoms. The van der Waals surface area contributed by atoms with Gasteiger partial charge in [-0.3, -0.25) is 9.69 Å². The van der Waals surface area contributed by atoms with Gasteiger partial charge in [0.1, 0.15) is 18.1 Å². The van der Waals surface area contributed by atoms with Crippen LogP contribution in [0, 0.1) is 6.92 Å². The molecule has 4 rings (SSSR count). The van der Waals surface area contributed by atoms with Crippen LogP contribution in [-0.4, -0.2) is 32.7 Å². The summed E-state index contributed by atoms with van der Waals surface area (Å²) in [5.74, 6) is 0.322. The molecular formula is C22H21NO5. The maximum absolute atomic E-state index is 13.1. The van der Waals surface area contributed by atoms with Crippen molar-refractivity contribution in [3.05, 3.63) is 64.9 Å². The van der Waals surface area contributed by atoms with Crippen molar-refractivity contribution in [1.82, 2.24) is 0 Å². The maximum atomic E-state index is 13.1. The quantitative estimate of drug-likeness (QED) is 0.763. The highest BCUT2D eigenvalue weighted by molar-refractivity contribution is 6.06. The van der Waals surface area contributed by atoms with E-state index in [2.05, 4.69) is 0 Å². The van der Waals surface area contributed by atoms with E-state index in [4.69, 9.17) is 14.2 Å². The number of benzene rings is 2. The van der Waals surface area contributed by atoms with Crippen molar-refractivity contribution >= 4 is 17.6 Å². The van der Waals surface area contributed by atoms with Crippen LogP contribution in [0.25, 0.3) is 0 Å². The number of carbonyl (C=O) groups is 2. The Morgan fingerprint density at radius 2 is 1.89 bits per heavy atom. The van der Waals surface area contributed by atoms with Crippen molar-refractivity contribution in [2.24, 2.45) is 0 Å². The summed E-state index contributed by atoms with van der Waals surface area (Å²) in [7, 11) is 3.14. The average Bonchev–Trinajstić information content (AvgIpc) is 3.08. The second-order valence-electron chi connectivity index (χ2n) is 6.87. The van der Waals surface area contributed by atoms with Crippen LogP contribution in [0.2, 0.25) is 0 Å². The Kier molecular flexibility index (Phi) is 4.55. The van der Waals surface area contributed by atoms with Gasteiger partial charge in [-0.2, -0.15) is 0 Å². The van der Waals surface area contributed by atoms with E-state index in [1.54, 1.807) is 31.3 Å². The molecule has 1 atom stereocenters. The third kappa shape index (κ3) is 2.91. The van der Waals surface area contributed by atoms with Crippen molar-refractivity contribution < 1.29 is 23.8 Å². The summed E-state index contributed by atoms with van der Waals surface area (Å²) in [4.78, 5) is 27.4. The van der Waals surface area contributed by atoms with Crippen molar-refractivity contribution in [3.63, 3.8) is 0 Å². The van der Waals surface area contributed by atoms with Gasteiger partial charge in [0.15, 0.2) is 0 Å². The molecule has 2 aromatic carbocycles. The zero-order valence-electron chi connectivity index (χ0n) is 16.0. The molecule has 0 bridgehead atoms. The van der Waals surface area contributed by atoms with Gasteiger partial charge in [0.2, 0.25) is 5.91 Å². The van der Waals surface area contributed by atoms with Gasteiger partial charge >= 0.3 is 5.97 Å². The van der Waals surface area contributed by atoms with E-state index in [1.807, 2.05) is 37.3 Å². The van der Waals surface area contributed by atoms with Crippen molar-refractivity contribution in [1.29, 1.82) is 0 Å². The first-order valence-electron chi connectivity index (χ1n) is 9.05. The van der Waals surface area contributed by atoms with Crippen LogP contribution in [0.4, 0.5) is 5.69 Å². The molecule has 144 valence electrons. The molecule has 0 unspecified atom stereocenters. The second-order valence-corrected chi connectivity index (χ2v) is 6.87. The number of carbonyl (C=O) groups excluding carboxylic acids is 2. The minimum atomic E-state index is -0.441. The van der Waals surface area contributed by atoms with Gasteiger partial charge in [-0.15, -0.1) is 0 Å². The van der Waals surface area contributed by atoms with E-state index in [9.17, 15) is 9.59 Å². The Hall–Kier alpha value is -3.28. The fraction of sp³-hybridized carbons (Fsp3) is 0.273. The van der Waals surface area contributed by atoms with E-state index in [0.717, 1.165) is 16.8 Å². The maximum Gasteiger partial charge on any atom is 0.336 e. The van der Waals surface area contributed by atoms with Crippen molar-refractivity contribution in [2.75, 3.05) is 25.7 Å². The number of amides is 1. The second kappa shape index (κ2) is 7.03.